The molecule has 0 radical (unpaired) electrons. The quantitative estimate of drug-likeness (QED) is 0.799. The molecular weight excluding hydrogens is 186 g/mol. The molecule has 0 atom stereocenters. The number of nitrogens with two attached hydrogens (primary N) is 1. The number of carbonyl (C=O) groups is 1. The smallest absolute Gasteiger partial charge is 0.279 e. The topological polar surface area (TPSA) is 68.9 Å². The minimum atomic E-state index is -0.491. The lowest BCUT2D eigenvalue weighted by molar-refractivity contribution is 0.0999. The number of primary amides is 1. The molecule has 0 saturated heterocycles. The number of rotatable bonds is 4. The molecule has 0 spiro atoms. The van der Waals surface area contributed by atoms with E-state index in [1.54, 1.807) is 0 Å². The lowest BCUT2D eigenvalue weighted by atomic mass is 10.1. The Labute approximate surface area is 81.2 Å². The van der Waals surface area contributed by atoms with Crippen molar-refractivity contribution in [3.63, 3.8) is 0 Å². The highest BCUT2D eigenvalue weighted by Crippen LogP contribution is 2.25. The minimum Gasteiger partial charge on any atom is -0.363 e. The van der Waals surface area contributed by atoms with E-state index >= 15 is 0 Å². The molecule has 1 aromatic rings. The van der Waals surface area contributed by atoms with Gasteiger partial charge in [-0.05, 0) is 12.8 Å². The first-order chi connectivity index (χ1) is 6.19. The van der Waals surface area contributed by atoms with Crippen molar-refractivity contribution in [2.75, 3.05) is 0 Å². The van der Waals surface area contributed by atoms with E-state index < -0.39 is 5.91 Å². The highest BCUT2D eigenvalue weighted by atomic mass is 32.1. The first-order valence-electron chi connectivity index (χ1n) is 4.32. The average molecular weight is 199 g/mol. The van der Waals surface area contributed by atoms with Crippen LogP contribution in [0.1, 0.15) is 47.4 Å². The minimum absolute atomic E-state index is 0.307. The number of nitrogens with zero attached hydrogens (tertiary/aromatic N) is 2. The molecule has 2 N–H and O–H groups in total. The van der Waals surface area contributed by atoms with Crippen LogP contribution in [0.4, 0.5) is 0 Å². The highest BCUT2D eigenvalue weighted by molar-refractivity contribution is 7.13. The second-order valence-electron chi connectivity index (χ2n) is 2.82. The average Bonchev–Trinajstić information content (AvgIpc) is 2.56. The third-order valence-electron chi connectivity index (χ3n) is 1.99. The summed E-state index contributed by atoms with van der Waals surface area (Å²) >= 11 is 1.30. The fraction of sp³-hybridized carbons (Fsp3) is 0.625. The van der Waals surface area contributed by atoms with Crippen LogP contribution in [-0.4, -0.2) is 16.1 Å². The molecule has 72 valence electrons. The molecular formula is C8H13N3OS. The molecule has 13 heavy (non-hydrogen) atoms. The standard InChI is InChI=1S/C8H13N3OS/c1-3-5(4-2)7-10-11-8(13-7)6(9)12/h5H,3-4H2,1-2H3,(H2,9,12). The summed E-state index contributed by atoms with van der Waals surface area (Å²) in [4.78, 5) is 10.7. The van der Waals surface area contributed by atoms with Gasteiger partial charge in [0.2, 0.25) is 5.01 Å². The Hall–Kier alpha value is -0.970. The third-order valence-corrected chi connectivity index (χ3v) is 3.09. The summed E-state index contributed by atoms with van der Waals surface area (Å²) < 4.78 is 0. The maximum atomic E-state index is 10.7. The van der Waals surface area contributed by atoms with Gasteiger partial charge in [0.15, 0.2) is 0 Å². The monoisotopic (exact) mass is 199 g/mol. The Morgan fingerprint density at radius 3 is 2.46 bits per heavy atom. The molecule has 1 heterocycles. The van der Waals surface area contributed by atoms with Crippen molar-refractivity contribution < 1.29 is 4.79 Å². The van der Waals surface area contributed by atoms with Crippen molar-refractivity contribution in [1.82, 2.24) is 10.2 Å². The number of carbonyl (C=O) groups excluding carboxylic acids is 1. The number of aromatic nitrogens is 2. The fourth-order valence-corrected chi connectivity index (χ4v) is 2.10. The van der Waals surface area contributed by atoms with Crippen molar-refractivity contribution in [2.45, 2.75) is 32.6 Å². The molecule has 0 aliphatic carbocycles. The van der Waals surface area contributed by atoms with Gasteiger partial charge in [0, 0.05) is 5.92 Å². The molecule has 0 aliphatic rings. The van der Waals surface area contributed by atoms with Crippen LogP contribution in [0, 0.1) is 0 Å². The zero-order chi connectivity index (χ0) is 9.84. The van der Waals surface area contributed by atoms with Crippen LogP contribution in [0.2, 0.25) is 0 Å². The molecule has 5 heteroatoms. The molecule has 0 bridgehead atoms. The molecule has 1 rings (SSSR count). The van der Waals surface area contributed by atoms with Crippen LogP contribution in [0.15, 0.2) is 0 Å². The first-order valence-corrected chi connectivity index (χ1v) is 5.13. The van der Waals surface area contributed by atoms with E-state index in [2.05, 4.69) is 24.0 Å². The Balaban J connectivity index is 2.84. The molecule has 1 amide bonds. The van der Waals surface area contributed by atoms with E-state index in [0.717, 1.165) is 17.8 Å². The number of amides is 1. The summed E-state index contributed by atoms with van der Waals surface area (Å²) in [5, 5.41) is 8.90. The van der Waals surface area contributed by atoms with Gasteiger partial charge in [0.25, 0.3) is 5.91 Å². The van der Waals surface area contributed by atoms with Crippen molar-refractivity contribution in [3.05, 3.63) is 10.0 Å². The van der Waals surface area contributed by atoms with Gasteiger partial charge in [0.1, 0.15) is 5.01 Å². The first kappa shape index (κ1) is 10.1. The predicted octanol–water partition coefficient (Wildman–Crippen LogP) is 1.54. The second kappa shape index (κ2) is 4.32. The van der Waals surface area contributed by atoms with E-state index in [1.807, 2.05) is 0 Å². The molecule has 0 aliphatic heterocycles. The van der Waals surface area contributed by atoms with Crippen LogP contribution in [0.25, 0.3) is 0 Å². The maximum Gasteiger partial charge on any atom is 0.279 e. The van der Waals surface area contributed by atoms with Gasteiger partial charge in [-0.1, -0.05) is 25.2 Å². The molecule has 4 nitrogen and oxygen atoms in total. The Morgan fingerprint density at radius 2 is 2.08 bits per heavy atom. The molecule has 0 unspecified atom stereocenters. The highest BCUT2D eigenvalue weighted by Gasteiger charge is 2.15. The normalized spacial score (nSPS) is 10.7. The predicted molar refractivity (Wildman–Crippen MR) is 51.7 cm³/mol. The summed E-state index contributed by atoms with van der Waals surface area (Å²) in [6.45, 7) is 4.19. The van der Waals surface area contributed by atoms with E-state index in [1.165, 1.54) is 11.3 Å². The number of hydrogen-bond acceptors (Lipinski definition) is 4. The zero-order valence-corrected chi connectivity index (χ0v) is 8.60. The molecule has 1 aromatic heterocycles. The largest absolute Gasteiger partial charge is 0.363 e. The van der Waals surface area contributed by atoms with Gasteiger partial charge in [-0.3, -0.25) is 4.79 Å². The number of hydrogen-bond donors (Lipinski definition) is 1. The third kappa shape index (κ3) is 2.24. The van der Waals surface area contributed by atoms with Gasteiger partial charge in [-0.15, -0.1) is 10.2 Å². The van der Waals surface area contributed by atoms with E-state index in [-0.39, 0.29) is 0 Å². The van der Waals surface area contributed by atoms with Crippen LogP contribution < -0.4 is 5.73 Å². The van der Waals surface area contributed by atoms with Gasteiger partial charge >= 0.3 is 0 Å². The van der Waals surface area contributed by atoms with E-state index in [0.29, 0.717) is 10.9 Å². The molecule has 0 fully saturated rings. The SMILES string of the molecule is CCC(CC)c1nnc(C(N)=O)s1. The van der Waals surface area contributed by atoms with Crippen molar-refractivity contribution in [2.24, 2.45) is 5.73 Å². The Morgan fingerprint density at radius 1 is 1.46 bits per heavy atom. The van der Waals surface area contributed by atoms with Gasteiger partial charge in [-0.2, -0.15) is 0 Å². The van der Waals surface area contributed by atoms with Crippen LogP contribution in [-0.2, 0) is 0 Å². The van der Waals surface area contributed by atoms with E-state index in [9.17, 15) is 4.79 Å². The van der Waals surface area contributed by atoms with Gasteiger partial charge < -0.3 is 5.73 Å². The van der Waals surface area contributed by atoms with Gasteiger partial charge in [0.05, 0.1) is 0 Å². The van der Waals surface area contributed by atoms with Crippen LogP contribution >= 0.6 is 11.3 Å². The summed E-state index contributed by atoms with van der Waals surface area (Å²) in [7, 11) is 0. The fourth-order valence-electron chi connectivity index (χ4n) is 1.14. The molecule has 0 saturated carbocycles. The van der Waals surface area contributed by atoms with Crippen molar-refractivity contribution in [1.29, 1.82) is 0 Å². The summed E-state index contributed by atoms with van der Waals surface area (Å²) in [5.41, 5.74) is 5.08. The van der Waals surface area contributed by atoms with Crippen molar-refractivity contribution in [3.8, 4) is 0 Å². The van der Waals surface area contributed by atoms with Crippen LogP contribution in [0.3, 0.4) is 0 Å². The molecule has 0 aromatic carbocycles. The lowest BCUT2D eigenvalue weighted by Gasteiger charge is -2.05. The Kier molecular flexibility index (Phi) is 3.36. The maximum absolute atomic E-state index is 10.7. The summed E-state index contributed by atoms with van der Waals surface area (Å²) in [6.07, 6.45) is 2.04. The Bertz CT molecular complexity index is 293. The zero-order valence-electron chi connectivity index (χ0n) is 7.78. The second-order valence-corrected chi connectivity index (χ2v) is 3.83. The van der Waals surface area contributed by atoms with Crippen molar-refractivity contribution >= 4 is 17.2 Å². The summed E-state index contributed by atoms with van der Waals surface area (Å²) in [6, 6.07) is 0. The lowest BCUT2D eigenvalue weighted by Crippen LogP contribution is -2.10. The van der Waals surface area contributed by atoms with Crippen LogP contribution in [0.5, 0.6) is 0 Å². The van der Waals surface area contributed by atoms with Gasteiger partial charge in [-0.25, -0.2) is 0 Å². The summed E-state index contributed by atoms with van der Waals surface area (Å²) in [5.74, 6) is -0.0830. The van der Waals surface area contributed by atoms with E-state index in [4.69, 9.17) is 5.73 Å².